The van der Waals surface area contributed by atoms with Crippen LogP contribution in [0.15, 0.2) is 66.1 Å². The van der Waals surface area contributed by atoms with E-state index in [4.69, 9.17) is 4.74 Å². The Kier molecular flexibility index (Phi) is 5.66. The maximum Gasteiger partial charge on any atom is 0.269 e. The molecule has 0 fully saturated rings. The fourth-order valence-electron chi connectivity index (χ4n) is 3.24. The standard InChI is InChI=1S/C20H19IN4O4S/c1-13(26)20(29-2)24-11-15(10-23-24)14-8-17-18(21)12-25(19(17)22-9-14)30(27,28)16-6-4-3-5-7-16/h3-13,20,26H,1-2H3. The quantitative estimate of drug-likeness (QED) is 0.379. The van der Waals surface area contributed by atoms with Crippen molar-refractivity contribution in [2.24, 2.45) is 0 Å². The summed E-state index contributed by atoms with van der Waals surface area (Å²) in [4.78, 5) is 4.64. The summed E-state index contributed by atoms with van der Waals surface area (Å²) in [5.74, 6) is 0. The average Bonchev–Trinajstić information content (AvgIpc) is 3.34. The van der Waals surface area contributed by atoms with Crippen molar-refractivity contribution in [3.63, 3.8) is 0 Å². The van der Waals surface area contributed by atoms with Gasteiger partial charge in [-0.2, -0.15) is 5.10 Å². The molecule has 0 aliphatic carbocycles. The lowest BCUT2D eigenvalue weighted by Crippen LogP contribution is -2.23. The van der Waals surface area contributed by atoms with Crippen LogP contribution in [-0.2, 0) is 14.8 Å². The van der Waals surface area contributed by atoms with E-state index in [1.165, 1.54) is 11.1 Å². The van der Waals surface area contributed by atoms with Gasteiger partial charge >= 0.3 is 0 Å². The van der Waals surface area contributed by atoms with E-state index in [0.29, 0.717) is 5.65 Å². The van der Waals surface area contributed by atoms with Gasteiger partial charge in [0.15, 0.2) is 11.9 Å². The lowest BCUT2D eigenvalue weighted by atomic mass is 10.1. The Labute approximate surface area is 187 Å². The highest BCUT2D eigenvalue weighted by Crippen LogP contribution is 2.30. The molecule has 0 amide bonds. The minimum absolute atomic E-state index is 0.203. The van der Waals surface area contributed by atoms with E-state index in [1.54, 1.807) is 66.7 Å². The van der Waals surface area contributed by atoms with Crippen molar-refractivity contribution >= 4 is 43.6 Å². The van der Waals surface area contributed by atoms with Gasteiger partial charge in [-0.1, -0.05) is 18.2 Å². The zero-order valence-corrected chi connectivity index (χ0v) is 19.1. The predicted molar refractivity (Wildman–Crippen MR) is 120 cm³/mol. The molecular formula is C20H19IN4O4S. The molecule has 0 aliphatic rings. The van der Waals surface area contributed by atoms with Gasteiger partial charge in [0.1, 0.15) is 0 Å². The Morgan fingerprint density at radius 1 is 1.13 bits per heavy atom. The molecular weight excluding hydrogens is 519 g/mol. The van der Waals surface area contributed by atoms with Gasteiger partial charge in [0.25, 0.3) is 10.0 Å². The highest BCUT2D eigenvalue weighted by molar-refractivity contribution is 14.1. The van der Waals surface area contributed by atoms with Gasteiger partial charge in [0, 0.05) is 45.8 Å². The number of methoxy groups -OCH3 is 1. The molecule has 4 aromatic rings. The first-order chi connectivity index (χ1) is 14.3. The summed E-state index contributed by atoms with van der Waals surface area (Å²) in [6.07, 6.45) is 5.26. The largest absolute Gasteiger partial charge is 0.389 e. The molecule has 2 atom stereocenters. The smallest absolute Gasteiger partial charge is 0.269 e. The first kappa shape index (κ1) is 21.0. The Hall–Kier alpha value is -2.28. The number of benzene rings is 1. The third-order valence-electron chi connectivity index (χ3n) is 4.71. The summed E-state index contributed by atoms with van der Waals surface area (Å²) in [5, 5.41) is 14.8. The zero-order chi connectivity index (χ0) is 21.5. The lowest BCUT2D eigenvalue weighted by molar-refractivity contribution is -0.0564. The van der Waals surface area contributed by atoms with Gasteiger partial charge in [-0.25, -0.2) is 22.1 Å². The number of halogens is 1. The highest BCUT2D eigenvalue weighted by Gasteiger charge is 2.22. The maximum absolute atomic E-state index is 13.1. The van der Waals surface area contributed by atoms with Crippen LogP contribution in [0, 0.1) is 3.57 Å². The molecule has 30 heavy (non-hydrogen) atoms. The number of nitrogens with zero attached hydrogens (tertiary/aromatic N) is 4. The van der Waals surface area contributed by atoms with E-state index in [9.17, 15) is 13.5 Å². The van der Waals surface area contributed by atoms with Gasteiger partial charge in [-0.15, -0.1) is 0 Å². The van der Waals surface area contributed by atoms with Gasteiger partial charge in [-0.3, -0.25) is 0 Å². The second-order valence-electron chi connectivity index (χ2n) is 6.76. The minimum Gasteiger partial charge on any atom is -0.389 e. The molecule has 3 aromatic heterocycles. The molecule has 0 spiro atoms. The van der Waals surface area contributed by atoms with Crippen LogP contribution >= 0.6 is 22.6 Å². The summed E-state index contributed by atoms with van der Waals surface area (Å²) in [6.45, 7) is 1.63. The van der Waals surface area contributed by atoms with E-state index in [1.807, 2.05) is 6.07 Å². The van der Waals surface area contributed by atoms with Gasteiger partial charge < -0.3 is 9.84 Å². The lowest BCUT2D eigenvalue weighted by Gasteiger charge is -2.18. The summed E-state index contributed by atoms with van der Waals surface area (Å²) < 4.78 is 34.9. The van der Waals surface area contributed by atoms with Gasteiger partial charge in [-0.05, 0) is 47.7 Å². The van der Waals surface area contributed by atoms with E-state index in [-0.39, 0.29) is 4.90 Å². The predicted octanol–water partition coefficient (Wildman–Crippen LogP) is 3.27. The highest BCUT2D eigenvalue weighted by atomic mass is 127. The number of fused-ring (bicyclic) bond motifs is 1. The Morgan fingerprint density at radius 3 is 2.53 bits per heavy atom. The molecule has 4 rings (SSSR count). The van der Waals surface area contributed by atoms with Crippen LogP contribution in [0.1, 0.15) is 13.2 Å². The number of ether oxygens (including phenoxy) is 1. The molecule has 0 bridgehead atoms. The molecule has 1 N–H and O–H groups in total. The molecule has 8 nitrogen and oxygen atoms in total. The van der Waals surface area contributed by atoms with Crippen molar-refractivity contribution in [3.8, 4) is 11.1 Å². The summed E-state index contributed by atoms with van der Waals surface area (Å²) >= 11 is 2.11. The Morgan fingerprint density at radius 2 is 1.87 bits per heavy atom. The molecule has 1 aromatic carbocycles. The minimum atomic E-state index is -3.75. The van der Waals surface area contributed by atoms with Crippen LogP contribution in [0.2, 0.25) is 0 Å². The van der Waals surface area contributed by atoms with Gasteiger partial charge in [0.2, 0.25) is 0 Å². The van der Waals surface area contributed by atoms with Crippen molar-refractivity contribution in [1.29, 1.82) is 0 Å². The van der Waals surface area contributed by atoms with Crippen molar-refractivity contribution < 1.29 is 18.3 Å². The first-order valence-electron chi connectivity index (χ1n) is 9.05. The molecule has 0 saturated heterocycles. The number of pyridine rings is 1. The van der Waals surface area contributed by atoms with E-state index < -0.39 is 22.4 Å². The monoisotopic (exact) mass is 538 g/mol. The zero-order valence-electron chi connectivity index (χ0n) is 16.2. The molecule has 2 unspecified atom stereocenters. The van der Waals surface area contributed by atoms with Crippen LogP contribution in [0.3, 0.4) is 0 Å². The fourth-order valence-corrected chi connectivity index (χ4v) is 5.45. The van der Waals surface area contributed by atoms with Crippen LogP contribution in [0.5, 0.6) is 0 Å². The van der Waals surface area contributed by atoms with Gasteiger partial charge in [0.05, 0.1) is 17.2 Å². The average molecular weight is 538 g/mol. The first-order valence-corrected chi connectivity index (χ1v) is 11.6. The van der Waals surface area contributed by atoms with Crippen molar-refractivity contribution in [2.75, 3.05) is 7.11 Å². The van der Waals surface area contributed by atoms with Crippen LogP contribution in [0.4, 0.5) is 0 Å². The third-order valence-corrected chi connectivity index (χ3v) is 7.24. The summed E-state index contributed by atoms with van der Waals surface area (Å²) in [5.41, 5.74) is 1.92. The fraction of sp³-hybridized carbons (Fsp3) is 0.200. The topological polar surface area (TPSA) is 99.2 Å². The Balaban J connectivity index is 1.77. The van der Waals surface area contributed by atoms with Crippen molar-refractivity contribution in [1.82, 2.24) is 18.7 Å². The maximum atomic E-state index is 13.1. The molecule has 10 heteroatoms. The number of aromatic nitrogens is 4. The van der Waals surface area contributed by atoms with Crippen LogP contribution in [0.25, 0.3) is 22.2 Å². The van der Waals surface area contributed by atoms with Crippen LogP contribution in [-0.4, -0.2) is 45.5 Å². The molecule has 0 radical (unpaired) electrons. The van der Waals surface area contributed by atoms with Crippen LogP contribution < -0.4 is 0 Å². The van der Waals surface area contributed by atoms with Crippen molar-refractivity contribution in [2.45, 2.75) is 24.2 Å². The second-order valence-corrected chi connectivity index (χ2v) is 9.74. The molecule has 3 heterocycles. The summed E-state index contributed by atoms with van der Waals surface area (Å²) in [6, 6.07) is 10.1. The second kappa shape index (κ2) is 8.10. The summed E-state index contributed by atoms with van der Waals surface area (Å²) in [7, 11) is -2.25. The molecule has 0 aliphatic heterocycles. The SMILES string of the molecule is COC(C(C)O)n1cc(-c2cnc3c(c2)c(I)cn3S(=O)(=O)c2ccccc2)cn1. The number of aliphatic hydroxyl groups is 1. The van der Waals surface area contributed by atoms with E-state index in [0.717, 1.165) is 20.1 Å². The number of hydrogen-bond donors (Lipinski definition) is 1. The van der Waals surface area contributed by atoms with Crippen molar-refractivity contribution in [3.05, 3.63) is 64.8 Å². The number of rotatable bonds is 6. The normalized spacial score (nSPS) is 14.1. The molecule has 156 valence electrons. The number of hydrogen-bond acceptors (Lipinski definition) is 6. The third kappa shape index (κ3) is 3.64. The van der Waals surface area contributed by atoms with E-state index in [2.05, 4.69) is 32.7 Å². The molecule has 0 saturated carbocycles. The number of aliphatic hydroxyl groups excluding tert-OH is 1. The van der Waals surface area contributed by atoms with E-state index >= 15 is 0 Å². The Bertz CT molecular complexity index is 1300.